The van der Waals surface area contributed by atoms with Crippen LogP contribution in [0.2, 0.25) is 10.0 Å². The van der Waals surface area contributed by atoms with Crippen LogP contribution < -0.4 is 5.73 Å². The van der Waals surface area contributed by atoms with E-state index in [-0.39, 0.29) is 0 Å². The third kappa shape index (κ3) is 2.18. The second kappa shape index (κ2) is 3.77. The van der Waals surface area contributed by atoms with Crippen LogP contribution in [0.25, 0.3) is 0 Å². The molecule has 0 aliphatic heterocycles. The molecule has 1 aromatic carbocycles. The number of nitrogens with two attached hydrogens (primary N) is 1. The van der Waals surface area contributed by atoms with E-state index < -0.39 is 11.5 Å². The number of halogens is 2. The van der Waals surface area contributed by atoms with Gasteiger partial charge in [0, 0.05) is 10.0 Å². The van der Waals surface area contributed by atoms with E-state index in [1.807, 2.05) is 0 Å². The second-order valence-electron chi connectivity index (χ2n) is 3.17. The average molecular weight is 234 g/mol. The topological polar surface area (TPSA) is 63.3 Å². The van der Waals surface area contributed by atoms with Crippen molar-refractivity contribution in [3.63, 3.8) is 0 Å². The minimum atomic E-state index is -1.48. The van der Waals surface area contributed by atoms with Gasteiger partial charge in [0.15, 0.2) is 0 Å². The van der Waals surface area contributed by atoms with Crippen LogP contribution in [0.1, 0.15) is 12.5 Å². The zero-order valence-corrected chi connectivity index (χ0v) is 8.93. The number of carboxylic acids is 1. The molecule has 76 valence electrons. The molecule has 0 saturated heterocycles. The summed E-state index contributed by atoms with van der Waals surface area (Å²) in [5, 5.41) is 9.60. The van der Waals surface area contributed by atoms with Crippen molar-refractivity contribution in [2.75, 3.05) is 0 Å². The lowest BCUT2D eigenvalue weighted by molar-refractivity contribution is -0.143. The number of hydrogen-bond acceptors (Lipinski definition) is 2. The molecule has 0 aliphatic carbocycles. The van der Waals surface area contributed by atoms with E-state index in [0.717, 1.165) is 0 Å². The highest BCUT2D eigenvalue weighted by Crippen LogP contribution is 2.25. The quantitative estimate of drug-likeness (QED) is 0.824. The Labute approximate surface area is 91.4 Å². The van der Waals surface area contributed by atoms with Crippen LogP contribution in [0.3, 0.4) is 0 Å². The lowest BCUT2D eigenvalue weighted by Gasteiger charge is -2.20. The van der Waals surface area contributed by atoms with Crippen LogP contribution in [0.4, 0.5) is 0 Å². The van der Waals surface area contributed by atoms with Crippen LogP contribution in [-0.2, 0) is 10.3 Å². The molecule has 0 saturated carbocycles. The highest BCUT2D eigenvalue weighted by Gasteiger charge is 2.30. The molecule has 0 radical (unpaired) electrons. The van der Waals surface area contributed by atoms with Crippen molar-refractivity contribution >= 4 is 29.2 Å². The van der Waals surface area contributed by atoms with Crippen molar-refractivity contribution in [2.24, 2.45) is 5.73 Å². The van der Waals surface area contributed by atoms with Gasteiger partial charge in [-0.2, -0.15) is 0 Å². The Balaban J connectivity index is 3.25. The van der Waals surface area contributed by atoms with Gasteiger partial charge in [-0.25, -0.2) is 4.79 Å². The summed E-state index contributed by atoms with van der Waals surface area (Å²) in [6, 6.07) is 4.49. The summed E-state index contributed by atoms with van der Waals surface area (Å²) in [5.41, 5.74) is 4.50. The summed E-state index contributed by atoms with van der Waals surface area (Å²) in [4.78, 5) is 10.8. The van der Waals surface area contributed by atoms with E-state index in [1.54, 1.807) is 0 Å². The Hall–Kier alpha value is -0.770. The SMILES string of the molecule is C[C@](N)(C(=O)O)c1cc(Cl)cc(Cl)c1. The number of benzene rings is 1. The van der Waals surface area contributed by atoms with Crippen molar-refractivity contribution in [1.82, 2.24) is 0 Å². The van der Waals surface area contributed by atoms with Crippen LogP contribution >= 0.6 is 23.2 Å². The largest absolute Gasteiger partial charge is 0.480 e. The molecule has 0 heterocycles. The van der Waals surface area contributed by atoms with Crippen molar-refractivity contribution in [3.05, 3.63) is 33.8 Å². The standard InChI is InChI=1S/C9H9Cl2NO2/c1-9(12,8(13)14)5-2-6(10)4-7(11)3-5/h2-4H,12H2,1H3,(H,13,14)/t9-/m1/s1. The highest BCUT2D eigenvalue weighted by molar-refractivity contribution is 6.34. The molecule has 0 aromatic heterocycles. The maximum Gasteiger partial charge on any atom is 0.328 e. The predicted molar refractivity (Wildman–Crippen MR) is 55.6 cm³/mol. The predicted octanol–water partition coefficient (Wildman–Crippen LogP) is 2.25. The number of hydrogen-bond donors (Lipinski definition) is 2. The van der Waals surface area contributed by atoms with E-state index in [1.165, 1.54) is 25.1 Å². The van der Waals surface area contributed by atoms with Crippen molar-refractivity contribution in [2.45, 2.75) is 12.5 Å². The Morgan fingerprint density at radius 2 is 1.79 bits per heavy atom. The van der Waals surface area contributed by atoms with Gasteiger partial charge in [0.1, 0.15) is 5.54 Å². The molecule has 1 rings (SSSR count). The fourth-order valence-electron chi connectivity index (χ4n) is 0.977. The highest BCUT2D eigenvalue weighted by atomic mass is 35.5. The molecular weight excluding hydrogens is 225 g/mol. The van der Waals surface area contributed by atoms with Crippen molar-refractivity contribution < 1.29 is 9.90 Å². The van der Waals surface area contributed by atoms with Gasteiger partial charge in [0.2, 0.25) is 0 Å². The lowest BCUT2D eigenvalue weighted by atomic mass is 9.94. The zero-order chi connectivity index (χ0) is 10.9. The van der Waals surface area contributed by atoms with Gasteiger partial charge in [0.25, 0.3) is 0 Å². The van der Waals surface area contributed by atoms with Gasteiger partial charge in [0.05, 0.1) is 0 Å². The Kier molecular flexibility index (Phi) is 3.04. The molecule has 0 amide bonds. The minimum Gasteiger partial charge on any atom is -0.480 e. The molecule has 1 atom stereocenters. The van der Waals surface area contributed by atoms with Crippen LogP contribution in [0.5, 0.6) is 0 Å². The molecule has 5 heteroatoms. The third-order valence-electron chi connectivity index (χ3n) is 1.91. The summed E-state index contributed by atoms with van der Waals surface area (Å²) >= 11 is 11.5. The summed E-state index contributed by atoms with van der Waals surface area (Å²) in [5.74, 6) is -1.13. The zero-order valence-electron chi connectivity index (χ0n) is 7.42. The van der Waals surface area contributed by atoms with Gasteiger partial charge in [-0.15, -0.1) is 0 Å². The fraction of sp³-hybridized carbons (Fsp3) is 0.222. The monoisotopic (exact) mass is 233 g/mol. The first-order chi connectivity index (χ1) is 6.34. The molecule has 0 spiro atoms. The Bertz CT molecular complexity index is 357. The number of aliphatic carboxylic acids is 1. The van der Waals surface area contributed by atoms with E-state index >= 15 is 0 Å². The van der Waals surface area contributed by atoms with Crippen molar-refractivity contribution in [3.8, 4) is 0 Å². The normalized spacial score (nSPS) is 14.9. The van der Waals surface area contributed by atoms with E-state index in [2.05, 4.69) is 0 Å². The number of carboxylic acid groups (broad SMARTS) is 1. The lowest BCUT2D eigenvalue weighted by Crippen LogP contribution is -2.41. The third-order valence-corrected chi connectivity index (χ3v) is 2.34. The maximum atomic E-state index is 10.8. The molecular formula is C9H9Cl2NO2. The van der Waals surface area contributed by atoms with Crippen LogP contribution in [0.15, 0.2) is 18.2 Å². The van der Waals surface area contributed by atoms with E-state index in [0.29, 0.717) is 15.6 Å². The van der Waals surface area contributed by atoms with Crippen molar-refractivity contribution in [1.29, 1.82) is 0 Å². The number of carbonyl (C=O) groups is 1. The Morgan fingerprint density at radius 3 is 2.14 bits per heavy atom. The van der Waals surface area contributed by atoms with Gasteiger partial charge in [-0.1, -0.05) is 23.2 Å². The first-order valence-electron chi connectivity index (χ1n) is 3.83. The summed E-state index contributed by atoms with van der Waals surface area (Å²) in [6.45, 7) is 1.39. The molecule has 3 nitrogen and oxygen atoms in total. The van der Waals surface area contributed by atoms with E-state index in [9.17, 15) is 4.79 Å². The van der Waals surface area contributed by atoms with Gasteiger partial charge >= 0.3 is 5.97 Å². The molecule has 0 bridgehead atoms. The molecule has 0 unspecified atom stereocenters. The van der Waals surface area contributed by atoms with Crippen LogP contribution in [0, 0.1) is 0 Å². The number of rotatable bonds is 2. The average Bonchev–Trinajstić information content (AvgIpc) is 2.01. The second-order valence-corrected chi connectivity index (χ2v) is 4.04. The van der Waals surface area contributed by atoms with Gasteiger partial charge < -0.3 is 10.8 Å². The minimum absolute atomic E-state index is 0.366. The fourth-order valence-corrected chi connectivity index (χ4v) is 1.50. The molecule has 0 aliphatic rings. The first-order valence-corrected chi connectivity index (χ1v) is 4.58. The molecule has 3 N–H and O–H groups in total. The molecule has 1 aromatic rings. The summed E-state index contributed by atoms with van der Waals surface area (Å²) < 4.78 is 0. The van der Waals surface area contributed by atoms with Gasteiger partial charge in [-0.3, -0.25) is 0 Å². The van der Waals surface area contributed by atoms with Gasteiger partial charge in [-0.05, 0) is 30.7 Å². The van der Waals surface area contributed by atoms with E-state index in [4.69, 9.17) is 34.0 Å². The summed E-state index contributed by atoms with van der Waals surface area (Å²) in [7, 11) is 0. The smallest absolute Gasteiger partial charge is 0.328 e. The summed E-state index contributed by atoms with van der Waals surface area (Å²) in [6.07, 6.45) is 0. The first kappa shape index (κ1) is 11.3. The maximum absolute atomic E-state index is 10.8. The Morgan fingerprint density at radius 1 is 1.36 bits per heavy atom. The van der Waals surface area contributed by atoms with Crippen LogP contribution in [-0.4, -0.2) is 11.1 Å². The molecule has 0 fully saturated rings. The molecule has 14 heavy (non-hydrogen) atoms.